The van der Waals surface area contributed by atoms with Crippen LogP contribution in [0, 0.1) is 0 Å². The third-order valence-electron chi connectivity index (χ3n) is 4.63. The van der Waals surface area contributed by atoms with Gasteiger partial charge in [0, 0.05) is 11.6 Å². The zero-order chi connectivity index (χ0) is 20.5. The third-order valence-corrected chi connectivity index (χ3v) is 4.88. The summed E-state index contributed by atoms with van der Waals surface area (Å²) in [5.74, 6) is 2.38. The smallest absolute Gasteiger partial charge is 0.161 e. The number of halogens is 2. The zero-order valence-electron chi connectivity index (χ0n) is 17.2. The van der Waals surface area contributed by atoms with Crippen LogP contribution in [0.1, 0.15) is 16.7 Å². The maximum atomic E-state index is 5.92. The first-order chi connectivity index (χ1) is 14.2. The van der Waals surface area contributed by atoms with Crippen molar-refractivity contribution in [2.45, 2.75) is 19.6 Å². The van der Waals surface area contributed by atoms with Crippen molar-refractivity contribution in [1.82, 2.24) is 5.32 Å². The van der Waals surface area contributed by atoms with E-state index in [0.717, 1.165) is 47.9 Å². The highest BCUT2D eigenvalue weighted by atomic mass is 35.5. The van der Waals surface area contributed by atoms with Crippen LogP contribution >= 0.6 is 24.0 Å². The van der Waals surface area contributed by atoms with Gasteiger partial charge in [0.15, 0.2) is 11.5 Å². The van der Waals surface area contributed by atoms with E-state index in [2.05, 4.69) is 17.4 Å². The molecule has 0 amide bonds. The summed E-state index contributed by atoms with van der Waals surface area (Å²) in [7, 11) is 3.36. The van der Waals surface area contributed by atoms with Crippen molar-refractivity contribution < 1.29 is 14.2 Å². The van der Waals surface area contributed by atoms with Gasteiger partial charge in [-0.2, -0.15) is 0 Å². The molecule has 3 rings (SSSR count). The SMILES string of the molecule is COc1ccccc1CCNCc1ccc(OCc2ccc(Cl)cc2)c(OC)c1.Cl. The van der Waals surface area contributed by atoms with Crippen LogP contribution in [0.4, 0.5) is 0 Å². The quantitative estimate of drug-likeness (QED) is 0.405. The maximum Gasteiger partial charge on any atom is 0.161 e. The van der Waals surface area contributed by atoms with Gasteiger partial charge in [-0.05, 0) is 60.0 Å². The molecule has 0 spiro atoms. The second kappa shape index (κ2) is 12.3. The van der Waals surface area contributed by atoms with Gasteiger partial charge in [-0.15, -0.1) is 12.4 Å². The molecule has 30 heavy (non-hydrogen) atoms. The molecule has 3 aromatic carbocycles. The Balaban J connectivity index is 0.00000320. The standard InChI is InChI=1S/C24H26ClNO3.ClH/c1-27-22-6-4-3-5-20(22)13-14-26-16-19-9-12-23(24(15-19)28-2)29-17-18-7-10-21(25)11-8-18;/h3-12,15,26H,13-14,16-17H2,1-2H3;1H. The van der Waals surface area contributed by atoms with Gasteiger partial charge < -0.3 is 19.5 Å². The molecule has 4 nitrogen and oxygen atoms in total. The number of ether oxygens (including phenoxy) is 3. The number of nitrogens with one attached hydrogen (secondary N) is 1. The highest BCUT2D eigenvalue weighted by Crippen LogP contribution is 2.29. The third kappa shape index (κ3) is 6.84. The summed E-state index contributed by atoms with van der Waals surface area (Å²) in [5, 5.41) is 4.19. The normalized spacial score (nSPS) is 10.2. The molecular weight excluding hydrogens is 421 g/mol. The average Bonchev–Trinajstić information content (AvgIpc) is 2.77. The highest BCUT2D eigenvalue weighted by molar-refractivity contribution is 6.30. The van der Waals surface area contributed by atoms with Gasteiger partial charge in [0.2, 0.25) is 0 Å². The molecule has 0 fully saturated rings. The Morgan fingerprint density at radius 2 is 1.50 bits per heavy atom. The fourth-order valence-corrected chi connectivity index (χ4v) is 3.17. The van der Waals surface area contributed by atoms with E-state index in [1.807, 2.05) is 54.6 Å². The summed E-state index contributed by atoms with van der Waals surface area (Å²) >= 11 is 5.92. The van der Waals surface area contributed by atoms with Crippen LogP contribution in [-0.4, -0.2) is 20.8 Å². The van der Waals surface area contributed by atoms with Gasteiger partial charge in [0.1, 0.15) is 12.4 Å². The van der Waals surface area contributed by atoms with E-state index in [0.29, 0.717) is 11.6 Å². The summed E-state index contributed by atoms with van der Waals surface area (Å²) in [6.45, 7) is 2.07. The first kappa shape index (κ1) is 23.9. The molecule has 0 unspecified atom stereocenters. The predicted molar refractivity (Wildman–Crippen MR) is 124 cm³/mol. The molecule has 3 aromatic rings. The molecule has 160 valence electrons. The Kier molecular flexibility index (Phi) is 9.81. The van der Waals surface area contributed by atoms with Gasteiger partial charge in [-0.3, -0.25) is 0 Å². The average molecular weight is 448 g/mol. The van der Waals surface area contributed by atoms with Crippen molar-refractivity contribution in [1.29, 1.82) is 0 Å². The number of hydrogen-bond donors (Lipinski definition) is 1. The topological polar surface area (TPSA) is 39.7 Å². The number of benzene rings is 3. The lowest BCUT2D eigenvalue weighted by molar-refractivity contribution is 0.284. The fraction of sp³-hybridized carbons (Fsp3) is 0.250. The number of hydrogen-bond acceptors (Lipinski definition) is 4. The van der Waals surface area contributed by atoms with Crippen molar-refractivity contribution in [2.75, 3.05) is 20.8 Å². The first-order valence-corrected chi connectivity index (χ1v) is 9.94. The summed E-state index contributed by atoms with van der Waals surface area (Å²) in [4.78, 5) is 0. The van der Waals surface area contributed by atoms with Crippen molar-refractivity contribution in [2.24, 2.45) is 0 Å². The van der Waals surface area contributed by atoms with Crippen LogP contribution in [0.5, 0.6) is 17.2 Å². The molecule has 6 heteroatoms. The summed E-state index contributed by atoms with van der Waals surface area (Å²) in [5.41, 5.74) is 3.39. The Hall–Kier alpha value is -2.40. The van der Waals surface area contributed by atoms with Crippen LogP contribution in [0.25, 0.3) is 0 Å². The van der Waals surface area contributed by atoms with E-state index >= 15 is 0 Å². The van der Waals surface area contributed by atoms with Crippen LogP contribution in [0.15, 0.2) is 66.7 Å². The molecule has 0 atom stereocenters. The van der Waals surface area contributed by atoms with Crippen LogP contribution in [0.2, 0.25) is 5.02 Å². The molecule has 0 bridgehead atoms. The minimum absolute atomic E-state index is 0. The molecule has 0 aliphatic carbocycles. The predicted octanol–water partition coefficient (Wildman–Crippen LogP) is 5.69. The second-order valence-corrected chi connectivity index (χ2v) is 7.08. The molecule has 0 aromatic heterocycles. The van der Waals surface area contributed by atoms with Crippen molar-refractivity contribution in [3.05, 3.63) is 88.4 Å². The molecule has 1 N–H and O–H groups in total. The Labute approximate surface area is 189 Å². The van der Waals surface area contributed by atoms with Crippen LogP contribution in [-0.2, 0) is 19.6 Å². The summed E-state index contributed by atoms with van der Waals surface area (Å²) < 4.78 is 16.8. The van der Waals surface area contributed by atoms with Gasteiger partial charge in [-0.1, -0.05) is 48.0 Å². The minimum atomic E-state index is 0. The number of para-hydroxylation sites is 1. The van der Waals surface area contributed by atoms with Gasteiger partial charge in [-0.25, -0.2) is 0 Å². The zero-order valence-corrected chi connectivity index (χ0v) is 18.8. The molecular formula is C24H27Cl2NO3. The Morgan fingerprint density at radius 1 is 0.800 bits per heavy atom. The number of rotatable bonds is 10. The van der Waals surface area contributed by atoms with Crippen molar-refractivity contribution in [3.8, 4) is 17.2 Å². The molecule has 0 radical (unpaired) electrons. The lowest BCUT2D eigenvalue weighted by atomic mass is 10.1. The highest BCUT2D eigenvalue weighted by Gasteiger charge is 2.07. The van der Waals surface area contributed by atoms with E-state index < -0.39 is 0 Å². The first-order valence-electron chi connectivity index (χ1n) is 9.56. The van der Waals surface area contributed by atoms with Crippen LogP contribution < -0.4 is 19.5 Å². The lowest BCUT2D eigenvalue weighted by Gasteiger charge is -2.13. The largest absolute Gasteiger partial charge is 0.496 e. The molecule has 0 aliphatic heterocycles. The van der Waals surface area contributed by atoms with Gasteiger partial charge in [0.25, 0.3) is 0 Å². The van der Waals surface area contributed by atoms with Gasteiger partial charge in [0.05, 0.1) is 14.2 Å². The Bertz CT molecular complexity index is 917. The molecule has 0 saturated carbocycles. The molecule has 0 heterocycles. The van der Waals surface area contributed by atoms with Crippen molar-refractivity contribution in [3.63, 3.8) is 0 Å². The Morgan fingerprint density at radius 3 is 2.23 bits per heavy atom. The van der Waals surface area contributed by atoms with E-state index in [1.54, 1.807) is 14.2 Å². The van der Waals surface area contributed by atoms with E-state index in [9.17, 15) is 0 Å². The summed E-state index contributed by atoms with van der Waals surface area (Å²) in [6.07, 6.45) is 0.906. The van der Waals surface area contributed by atoms with Gasteiger partial charge >= 0.3 is 0 Å². The van der Waals surface area contributed by atoms with E-state index in [-0.39, 0.29) is 12.4 Å². The van der Waals surface area contributed by atoms with E-state index in [1.165, 1.54) is 5.56 Å². The summed E-state index contributed by atoms with van der Waals surface area (Å²) in [6, 6.07) is 21.7. The second-order valence-electron chi connectivity index (χ2n) is 6.64. The van der Waals surface area contributed by atoms with Crippen LogP contribution in [0.3, 0.4) is 0 Å². The number of methoxy groups -OCH3 is 2. The van der Waals surface area contributed by atoms with Crippen molar-refractivity contribution >= 4 is 24.0 Å². The van der Waals surface area contributed by atoms with E-state index in [4.69, 9.17) is 25.8 Å². The minimum Gasteiger partial charge on any atom is -0.496 e. The molecule has 0 aliphatic rings. The molecule has 0 saturated heterocycles. The maximum absolute atomic E-state index is 5.92. The fourth-order valence-electron chi connectivity index (χ4n) is 3.05. The monoisotopic (exact) mass is 447 g/mol. The lowest BCUT2D eigenvalue weighted by Crippen LogP contribution is -2.17.